The molecule has 13 rings (SSSR count). The maximum absolute atomic E-state index is 5.33. The van der Waals surface area contributed by atoms with Crippen molar-refractivity contribution in [2.45, 2.75) is 27.7 Å². The number of rotatable bonds is 4. The summed E-state index contributed by atoms with van der Waals surface area (Å²) in [5, 5.41) is 11.9. The maximum atomic E-state index is 5.33. The number of hydrogen-bond acceptors (Lipinski definition) is 5. The smallest absolute Gasteiger partial charge is 0.0979 e. The lowest BCUT2D eigenvalue weighted by atomic mass is 9.96. The highest BCUT2D eigenvalue weighted by atomic mass is 32.1. The number of aryl methyl sites for hydroxylation is 4. The molecule has 4 nitrogen and oxygen atoms in total. The Balaban J connectivity index is 0.873. The van der Waals surface area contributed by atoms with Gasteiger partial charge in [0.2, 0.25) is 0 Å². The van der Waals surface area contributed by atoms with Crippen molar-refractivity contribution in [3.05, 3.63) is 192 Å². The van der Waals surface area contributed by atoms with E-state index in [0.717, 1.165) is 77.3 Å². The molecule has 0 N–H and O–H groups in total. The first kappa shape index (κ1) is 37.7. The van der Waals surface area contributed by atoms with Crippen LogP contribution >= 0.6 is 11.3 Å². The fourth-order valence-electron chi connectivity index (χ4n) is 10.0. The Morgan fingerprint density at radius 3 is 1.05 bits per heavy atom. The van der Waals surface area contributed by atoms with Crippen molar-refractivity contribution in [2.24, 2.45) is 0 Å². The predicted molar refractivity (Wildman–Crippen MR) is 276 cm³/mol. The van der Waals surface area contributed by atoms with Crippen LogP contribution in [0.2, 0.25) is 0 Å². The van der Waals surface area contributed by atoms with Crippen LogP contribution in [0.4, 0.5) is 0 Å². The van der Waals surface area contributed by atoms with Crippen LogP contribution in [0.25, 0.3) is 130 Å². The van der Waals surface area contributed by atoms with Crippen LogP contribution in [0.15, 0.2) is 170 Å². The van der Waals surface area contributed by atoms with E-state index in [0.29, 0.717) is 0 Å². The Morgan fingerprint density at radius 2 is 0.646 bits per heavy atom. The molecule has 306 valence electrons. The first-order valence-electron chi connectivity index (χ1n) is 22.2. The molecule has 0 saturated carbocycles. The molecular formula is C60H40N4S. The second-order valence-corrected chi connectivity index (χ2v) is 18.9. The molecule has 0 amide bonds. The van der Waals surface area contributed by atoms with Crippen LogP contribution in [0.1, 0.15) is 22.3 Å². The Hall–Kier alpha value is -7.86. The molecule has 0 saturated heterocycles. The second-order valence-electron chi connectivity index (χ2n) is 17.8. The Kier molecular flexibility index (Phi) is 8.31. The van der Waals surface area contributed by atoms with E-state index in [1.165, 1.54) is 75.1 Å². The lowest BCUT2D eigenvalue weighted by molar-refractivity contribution is 1.31. The summed E-state index contributed by atoms with van der Waals surface area (Å²) in [5.74, 6) is 0. The third-order valence-electron chi connectivity index (χ3n) is 13.3. The van der Waals surface area contributed by atoms with Gasteiger partial charge in [0, 0.05) is 52.8 Å². The molecule has 0 radical (unpaired) electrons. The minimum absolute atomic E-state index is 0.864. The van der Waals surface area contributed by atoms with Gasteiger partial charge in [-0.2, -0.15) is 0 Å². The van der Waals surface area contributed by atoms with Gasteiger partial charge in [-0.25, -0.2) is 9.97 Å². The Labute approximate surface area is 379 Å². The lowest BCUT2D eigenvalue weighted by Gasteiger charge is -2.12. The molecule has 0 aliphatic carbocycles. The van der Waals surface area contributed by atoms with Crippen molar-refractivity contribution in [1.82, 2.24) is 19.9 Å². The molecule has 5 heteroatoms. The minimum Gasteiger partial charge on any atom is -0.252 e. The molecule has 3 aromatic heterocycles. The van der Waals surface area contributed by atoms with Crippen molar-refractivity contribution in [2.75, 3.05) is 0 Å². The molecule has 0 atom stereocenters. The fourth-order valence-corrected chi connectivity index (χ4v) is 11.1. The molecule has 0 spiro atoms. The molecule has 0 unspecified atom stereocenters. The zero-order chi connectivity index (χ0) is 43.5. The Morgan fingerprint density at radius 1 is 0.292 bits per heavy atom. The van der Waals surface area contributed by atoms with Crippen LogP contribution < -0.4 is 0 Å². The van der Waals surface area contributed by atoms with Gasteiger partial charge in [-0.1, -0.05) is 144 Å². The average Bonchev–Trinajstić information content (AvgIpc) is 3.71. The number of thiophene rings is 1. The van der Waals surface area contributed by atoms with E-state index in [9.17, 15) is 0 Å². The summed E-state index contributed by atoms with van der Waals surface area (Å²) >= 11 is 1.84. The van der Waals surface area contributed by atoms with E-state index < -0.39 is 0 Å². The van der Waals surface area contributed by atoms with Gasteiger partial charge in [0.05, 0.1) is 45.8 Å². The topological polar surface area (TPSA) is 51.6 Å². The fraction of sp³-hybridized carbons (Fsp3) is 0.0667. The number of fused-ring (bicyclic) bond motifs is 15. The van der Waals surface area contributed by atoms with Crippen molar-refractivity contribution in [3.8, 4) is 44.8 Å². The third kappa shape index (κ3) is 6.11. The summed E-state index contributed by atoms with van der Waals surface area (Å²) in [5.41, 5.74) is 17.1. The summed E-state index contributed by atoms with van der Waals surface area (Å²) < 4.78 is 2.54. The van der Waals surface area contributed by atoms with Crippen LogP contribution in [0.5, 0.6) is 0 Å². The van der Waals surface area contributed by atoms with E-state index in [1.807, 2.05) is 23.7 Å². The quantitative estimate of drug-likeness (QED) is 0.166. The Bertz CT molecular complexity index is 3910. The van der Waals surface area contributed by atoms with Crippen molar-refractivity contribution in [3.63, 3.8) is 0 Å². The first-order valence-corrected chi connectivity index (χ1v) is 23.0. The third-order valence-corrected chi connectivity index (χ3v) is 14.5. The van der Waals surface area contributed by atoms with Gasteiger partial charge in [-0.3, -0.25) is 9.97 Å². The minimum atomic E-state index is 0.864. The standard InChI is InChI=1S/C60H40N4S/c1-33-11-17-43-47(23-33)49-25-35(3)13-19-45(49)59-57(43)61-31-53(63-59)41-9-5-7-37(27-41)39-15-21-55-51(29-39)52-30-40(16-22-56(52)65-55)38-8-6-10-42(28-38)54-32-62-58-44-18-12-34(2)24-48(44)50-26-36(4)14-20-46(50)60(58)64-54/h5-32H,1-4H3. The van der Waals surface area contributed by atoms with Crippen LogP contribution in [0, 0.1) is 27.7 Å². The summed E-state index contributed by atoms with van der Waals surface area (Å²) in [6.07, 6.45) is 3.87. The van der Waals surface area contributed by atoms with Crippen LogP contribution in [0.3, 0.4) is 0 Å². The highest BCUT2D eigenvalue weighted by molar-refractivity contribution is 7.25. The zero-order valence-corrected chi connectivity index (χ0v) is 37.2. The normalized spacial score (nSPS) is 12.0. The molecule has 0 aliphatic rings. The summed E-state index contributed by atoms with van der Waals surface area (Å²) in [6.45, 7) is 8.60. The molecule has 0 aliphatic heterocycles. The van der Waals surface area contributed by atoms with Crippen molar-refractivity contribution in [1.29, 1.82) is 0 Å². The summed E-state index contributed by atoms with van der Waals surface area (Å²) in [6, 6.07) is 57.8. The van der Waals surface area contributed by atoms with Gasteiger partial charge < -0.3 is 0 Å². The van der Waals surface area contributed by atoms with E-state index in [4.69, 9.17) is 19.9 Å². The van der Waals surface area contributed by atoms with Crippen molar-refractivity contribution >= 4 is 96.7 Å². The monoisotopic (exact) mass is 848 g/mol. The zero-order valence-electron chi connectivity index (χ0n) is 36.4. The summed E-state index contributed by atoms with van der Waals surface area (Å²) in [7, 11) is 0. The van der Waals surface area contributed by atoms with Crippen molar-refractivity contribution < 1.29 is 0 Å². The number of benzene rings is 10. The number of aromatic nitrogens is 4. The average molecular weight is 849 g/mol. The van der Waals surface area contributed by atoms with E-state index >= 15 is 0 Å². The SMILES string of the molecule is Cc1ccc2c(c1)c1cc(C)ccc1c1nc(-c3cccc(-c4ccc5sc6ccc(-c7cccc(-c8cnc9c%10ccc(C)cc%10c%10cc(C)ccc%10c9n8)c7)cc6c5c4)c3)cnc21. The lowest BCUT2D eigenvalue weighted by Crippen LogP contribution is -1.93. The second kappa shape index (κ2) is 14.3. The molecule has 3 heterocycles. The summed E-state index contributed by atoms with van der Waals surface area (Å²) in [4.78, 5) is 20.8. The van der Waals surface area contributed by atoms with E-state index in [-0.39, 0.29) is 0 Å². The number of nitrogens with zero attached hydrogens (tertiary/aromatic N) is 4. The molecule has 65 heavy (non-hydrogen) atoms. The van der Waals surface area contributed by atoms with E-state index in [1.54, 1.807) is 0 Å². The molecule has 0 bridgehead atoms. The van der Waals surface area contributed by atoms with E-state index in [2.05, 4.69) is 185 Å². The molecule has 10 aromatic carbocycles. The largest absolute Gasteiger partial charge is 0.252 e. The first-order chi connectivity index (χ1) is 31.8. The maximum Gasteiger partial charge on any atom is 0.0979 e. The highest BCUT2D eigenvalue weighted by Crippen LogP contribution is 2.41. The van der Waals surface area contributed by atoms with Gasteiger partial charge in [-0.05, 0) is 108 Å². The molecular weight excluding hydrogens is 809 g/mol. The van der Waals surface area contributed by atoms with Gasteiger partial charge >= 0.3 is 0 Å². The highest BCUT2D eigenvalue weighted by Gasteiger charge is 2.17. The number of hydrogen-bond donors (Lipinski definition) is 0. The molecule has 13 aromatic rings. The van der Waals surface area contributed by atoms with Gasteiger partial charge in [0.1, 0.15) is 0 Å². The predicted octanol–water partition coefficient (Wildman–Crippen LogP) is 16.5. The van der Waals surface area contributed by atoms with Gasteiger partial charge in [0.25, 0.3) is 0 Å². The van der Waals surface area contributed by atoms with Crippen LogP contribution in [-0.4, -0.2) is 19.9 Å². The van der Waals surface area contributed by atoms with Gasteiger partial charge in [0.15, 0.2) is 0 Å². The van der Waals surface area contributed by atoms with Gasteiger partial charge in [-0.15, -0.1) is 11.3 Å². The van der Waals surface area contributed by atoms with Crippen LogP contribution in [-0.2, 0) is 0 Å². The molecule has 0 fully saturated rings.